The smallest absolute Gasteiger partial charge is 0.0428 e. The summed E-state index contributed by atoms with van der Waals surface area (Å²) in [7, 11) is 0. The average Bonchev–Trinajstić information content (AvgIpc) is 3.28. The number of allylic oxidation sites excluding steroid dienone is 5. The van der Waals surface area contributed by atoms with Crippen LogP contribution in [0.4, 0.5) is 0 Å². The number of benzene rings is 2. The van der Waals surface area contributed by atoms with Gasteiger partial charge < -0.3 is 0 Å². The molecular formula is C25H26. The van der Waals surface area contributed by atoms with Crippen LogP contribution in [0.15, 0.2) is 85.5 Å². The average molecular weight is 326 g/mol. The van der Waals surface area contributed by atoms with Crippen LogP contribution in [0, 0.1) is 11.8 Å². The fourth-order valence-corrected chi connectivity index (χ4v) is 4.94. The Labute approximate surface area is 151 Å². The Balaban J connectivity index is 1.95. The van der Waals surface area contributed by atoms with Gasteiger partial charge in [-0.05, 0) is 40.5 Å². The summed E-state index contributed by atoms with van der Waals surface area (Å²) < 4.78 is 0. The largest absolute Gasteiger partial charge is 0.102 e. The summed E-state index contributed by atoms with van der Waals surface area (Å²) in [5, 5.41) is 0. The Morgan fingerprint density at radius 3 is 2.04 bits per heavy atom. The topological polar surface area (TPSA) is 0 Å². The molecule has 25 heavy (non-hydrogen) atoms. The molecular weight excluding hydrogens is 300 g/mol. The Hall–Kier alpha value is -2.34. The molecule has 0 radical (unpaired) electrons. The molecule has 0 nitrogen and oxygen atoms in total. The van der Waals surface area contributed by atoms with Gasteiger partial charge in [-0.2, -0.15) is 0 Å². The van der Waals surface area contributed by atoms with Gasteiger partial charge in [-0.3, -0.25) is 0 Å². The molecule has 4 rings (SSSR count). The highest BCUT2D eigenvalue weighted by Crippen LogP contribution is 2.56. The lowest BCUT2D eigenvalue weighted by molar-refractivity contribution is 0.309. The van der Waals surface area contributed by atoms with E-state index in [4.69, 9.17) is 0 Å². The predicted molar refractivity (Wildman–Crippen MR) is 108 cm³/mol. The maximum atomic E-state index is 4.36. The van der Waals surface area contributed by atoms with Crippen LogP contribution in [0.25, 0.3) is 11.1 Å². The van der Waals surface area contributed by atoms with Gasteiger partial charge in [0.2, 0.25) is 0 Å². The van der Waals surface area contributed by atoms with Gasteiger partial charge >= 0.3 is 0 Å². The quantitative estimate of drug-likeness (QED) is 0.519. The third kappa shape index (κ3) is 2.35. The summed E-state index contributed by atoms with van der Waals surface area (Å²) in [5.41, 5.74) is 5.52. The van der Waals surface area contributed by atoms with Crippen LogP contribution in [0.5, 0.6) is 0 Å². The molecule has 2 aliphatic carbocycles. The van der Waals surface area contributed by atoms with E-state index in [0.717, 1.165) is 0 Å². The van der Waals surface area contributed by atoms with E-state index < -0.39 is 0 Å². The number of rotatable bonds is 6. The van der Waals surface area contributed by atoms with Crippen molar-refractivity contribution in [3.8, 4) is 11.1 Å². The van der Waals surface area contributed by atoms with Gasteiger partial charge in [0.15, 0.2) is 0 Å². The summed E-state index contributed by atoms with van der Waals surface area (Å²) in [6.45, 7) is 6.65. The van der Waals surface area contributed by atoms with Crippen LogP contribution in [-0.2, 0) is 5.41 Å². The normalized spacial score (nSPS) is 18.1. The second-order valence-electron chi connectivity index (χ2n) is 7.26. The van der Waals surface area contributed by atoms with Crippen LogP contribution in [0.3, 0.4) is 0 Å². The molecule has 0 saturated heterocycles. The fourth-order valence-electron chi connectivity index (χ4n) is 4.94. The van der Waals surface area contributed by atoms with Crippen LogP contribution in [0.1, 0.15) is 37.3 Å². The van der Waals surface area contributed by atoms with Crippen LogP contribution in [-0.4, -0.2) is 0 Å². The molecule has 2 aliphatic rings. The number of fused-ring (bicyclic) bond motifs is 3. The molecule has 0 saturated carbocycles. The molecule has 1 unspecified atom stereocenters. The molecule has 2 aromatic rings. The maximum absolute atomic E-state index is 4.36. The molecule has 0 aromatic heterocycles. The Morgan fingerprint density at radius 1 is 0.960 bits per heavy atom. The van der Waals surface area contributed by atoms with Crippen molar-refractivity contribution in [3.63, 3.8) is 0 Å². The first kappa shape index (κ1) is 16.1. The van der Waals surface area contributed by atoms with E-state index in [-0.39, 0.29) is 5.41 Å². The van der Waals surface area contributed by atoms with E-state index >= 15 is 0 Å². The zero-order valence-corrected chi connectivity index (χ0v) is 15.0. The number of hydrogen-bond donors (Lipinski definition) is 0. The summed E-state index contributed by atoms with van der Waals surface area (Å²) in [6, 6.07) is 17.9. The van der Waals surface area contributed by atoms with Crippen molar-refractivity contribution < 1.29 is 0 Å². The maximum Gasteiger partial charge on any atom is 0.0428 e. The van der Waals surface area contributed by atoms with E-state index in [1.54, 1.807) is 0 Å². The predicted octanol–water partition coefficient (Wildman–Crippen LogP) is 6.69. The molecule has 0 N–H and O–H groups in total. The summed E-state index contributed by atoms with van der Waals surface area (Å²) in [5.74, 6) is 0.980. The van der Waals surface area contributed by atoms with Crippen molar-refractivity contribution in [2.75, 3.05) is 0 Å². The molecule has 2 aromatic carbocycles. The summed E-state index contributed by atoms with van der Waals surface area (Å²) in [4.78, 5) is 0. The Morgan fingerprint density at radius 2 is 1.52 bits per heavy atom. The van der Waals surface area contributed by atoms with E-state index in [1.165, 1.54) is 41.5 Å². The van der Waals surface area contributed by atoms with Crippen LogP contribution < -0.4 is 0 Å². The monoisotopic (exact) mass is 326 g/mol. The third-order valence-electron chi connectivity index (χ3n) is 6.05. The molecule has 1 atom stereocenters. The molecule has 0 fully saturated rings. The first-order valence-corrected chi connectivity index (χ1v) is 9.51. The van der Waals surface area contributed by atoms with E-state index in [0.29, 0.717) is 11.8 Å². The van der Waals surface area contributed by atoms with Crippen LogP contribution >= 0.6 is 0 Å². The van der Waals surface area contributed by atoms with Gasteiger partial charge in [0.1, 0.15) is 0 Å². The van der Waals surface area contributed by atoms with Crippen molar-refractivity contribution in [1.82, 2.24) is 0 Å². The third-order valence-corrected chi connectivity index (χ3v) is 6.05. The van der Waals surface area contributed by atoms with Gasteiger partial charge in [0, 0.05) is 5.41 Å². The van der Waals surface area contributed by atoms with Crippen LogP contribution in [0.2, 0.25) is 0 Å². The lowest BCUT2D eigenvalue weighted by atomic mass is 9.62. The lowest BCUT2D eigenvalue weighted by Crippen LogP contribution is -2.36. The Bertz CT molecular complexity index is 779. The second-order valence-corrected chi connectivity index (χ2v) is 7.26. The highest BCUT2D eigenvalue weighted by molar-refractivity contribution is 5.82. The zero-order valence-electron chi connectivity index (χ0n) is 15.0. The SMILES string of the molecule is C=CC1(C(CCCC)C2C=CC=C2)c2ccccc2-c2ccccc21. The van der Waals surface area contributed by atoms with Gasteiger partial charge in [-0.15, -0.1) is 6.58 Å². The minimum absolute atomic E-state index is 0.105. The van der Waals surface area contributed by atoms with Crippen molar-refractivity contribution >= 4 is 0 Å². The minimum Gasteiger partial charge on any atom is -0.102 e. The molecule has 0 spiro atoms. The van der Waals surface area contributed by atoms with Gasteiger partial charge in [0.25, 0.3) is 0 Å². The lowest BCUT2D eigenvalue weighted by Gasteiger charge is -2.40. The number of hydrogen-bond acceptors (Lipinski definition) is 0. The van der Waals surface area contributed by atoms with Crippen molar-refractivity contribution in [2.45, 2.75) is 31.6 Å². The molecule has 126 valence electrons. The molecule has 0 aliphatic heterocycles. The molecule has 0 heterocycles. The molecule has 0 heteroatoms. The number of unbranched alkanes of at least 4 members (excludes halogenated alkanes) is 1. The zero-order chi connectivity index (χ0) is 17.3. The van der Waals surface area contributed by atoms with Crippen molar-refractivity contribution in [3.05, 3.63) is 96.6 Å². The van der Waals surface area contributed by atoms with E-state index in [1.807, 2.05) is 0 Å². The summed E-state index contributed by atoms with van der Waals surface area (Å²) in [6.07, 6.45) is 15.1. The van der Waals surface area contributed by atoms with Gasteiger partial charge in [0.05, 0.1) is 0 Å². The van der Waals surface area contributed by atoms with Gasteiger partial charge in [-0.1, -0.05) is 98.7 Å². The minimum atomic E-state index is -0.105. The highest BCUT2D eigenvalue weighted by atomic mass is 14.5. The Kier molecular flexibility index (Phi) is 4.21. The molecule has 0 bridgehead atoms. The van der Waals surface area contributed by atoms with Crippen molar-refractivity contribution in [2.24, 2.45) is 11.8 Å². The summed E-state index contributed by atoms with van der Waals surface area (Å²) >= 11 is 0. The first-order valence-electron chi connectivity index (χ1n) is 9.51. The second kappa shape index (κ2) is 6.52. The van der Waals surface area contributed by atoms with Gasteiger partial charge in [-0.25, -0.2) is 0 Å². The highest BCUT2D eigenvalue weighted by Gasteiger charge is 2.47. The standard InChI is InChI=1S/C25H26/c1-3-5-16-22(19-12-6-7-13-19)25(4-2)23-17-10-8-14-20(23)21-15-9-11-18-24(21)25/h4,6-15,17-19,22H,2-3,5,16H2,1H3. The molecule has 0 amide bonds. The van der Waals surface area contributed by atoms with E-state index in [2.05, 4.69) is 92.4 Å². The fraction of sp³-hybridized carbons (Fsp3) is 0.280. The van der Waals surface area contributed by atoms with Crippen molar-refractivity contribution in [1.29, 1.82) is 0 Å². The first-order chi connectivity index (χ1) is 12.3. The van der Waals surface area contributed by atoms with E-state index in [9.17, 15) is 0 Å².